The maximum Gasteiger partial charge on any atom is 0.242 e. The van der Waals surface area contributed by atoms with Gasteiger partial charge in [-0.1, -0.05) is 0 Å². The number of hydrogen-bond acceptors (Lipinski definition) is 3. The van der Waals surface area contributed by atoms with Crippen LogP contribution in [0.15, 0.2) is 22.9 Å². The van der Waals surface area contributed by atoms with Crippen LogP contribution in [0.1, 0.15) is 12.8 Å². The number of anilines is 1. The Morgan fingerprint density at radius 2 is 2.50 bits per heavy atom. The molecule has 0 saturated carbocycles. The number of hydrogen-bond donors (Lipinski definition) is 1. The minimum atomic E-state index is -0.0521. The van der Waals surface area contributed by atoms with E-state index in [4.69, 9.17) is 0 Å². The van der Waals surface area contributed by atoms with Crippen LogP contribution in [0.3, 0.4) is 0 Å². The lowest BCUT2D eigenvalue weighted by atomic mass is 10.2. The summed E-state index contributed by atoms with van der Waals surface area (Å²) < 4.78 is 0.936. The van der Waals surface area contributed by atoms with E-state index in [-0.39, 0.29) is 11.9 Å². The predicted molar refractivity (Wildman–Crippen MR) is 66.4 cm³/mol. The summed E-state index contributed by atoms with van der Waals surface area (Å²) in [6, 6.07) is 1.88. The molecule has 1 amide bonds. The summed E-state index contributed by atoms with van der Waals surface area (Å²) in [6.07, 6.45) is 5.47. The van der Waals surface area contributed by atoms with Crippen molar-refractivity contribution in [1.82, 2.24) is 10.3 Å². The van der Waals surface area contributed by atoms with E-state index in [0.29, 0.717) is 0 Å². The van der Waals surface area contributed by atoms with Crippen molar-refractivity contribution in [2.75, 3.05) is 18.5 Å². The van der Waals surface area contributed by atoms with Gasteiger partial charge in [0.15, 0.2) is 0 Å². The minimum absolute atomic E-state index is 0.0521. The highest BCUT2D eigenvalue weighted by molar-refractivity contribution is 9.10. The molecule has 1 aliphatic rings. The monoisotopic (exact) mass is 283 g/mol. The van der Waals surface area contributed by atoms with E-state index in [2.05, 4.69) is 31.1 Å². The molecule has 0 spiro atoms. The first-order valence-electron chi connectivity index (χ1n) is 5.32. The van der Waals surface area contributed by atoms with Crippen molar-refractivity contribution in [3.05, 3.63) is 22.9 Å². The Morgan fingerprint density at radius 1 is 1.69 bits per heavy atom. The van der Waals surface area contributed by atoms with Gasteiger partial charge in [-0.25, -0.2) is 0 Å². The lowest BCUT2D eigenvalue weighted by molar-refractivity contribution is -0.121. The highest BCUT2D eigenvalue weighted by Gasteiger charge is 2.30. The zero-order valence-corrected chi connectivity index (χ0v) is 10.7. The number of amides is 1. The number of nitrogens with zero attached hydrogens (tertiary/aromatic N) is 2. The number of aromatic nitrogens is 1. The molecule has 16 heavy (non-hydrogen) atoms. The molecule has 1 unspecified atom stereocenters. The number of halogens is 1. The second kappa shape index (κ2) is 4.82. The van der Waals surface area contributed by atoms with Gasteiger partial charge in [-0.15, -0.1) is 0 Å². The normalized spacial score (nSPS) is 19.9. The highest BCUT2D eigenvalue weighted by atomic mass is 79.9. The van der Waals surface area contributed by atoms with Gasteiger partial charge in [0.25, 0.3) is 0 Å². The number of likely N-dealkylation sites (N-methyl/N-ethyl adjacent to an activating group) is 1. The molecule has 4 nitrogen and oxygen atoms in total. The van der Waals surface area contributed by atoms with Crippen molar-refractivity contribution in [1.29, 1.82) is 0 Å². The van der Waals surface area contributed by atoms with E-state index in [1.54, 1.807) is 19.4 Å². The maximum atomic E-state index is 11.7. The maximum absolute atomic E-state index is 11.7. The molecule has 1 N–H and O–H groups in total. The van der Waals surface area contributed by atoms with E-state index in [0.717, 1.165) is 29.5 Å². The van der Waals surface area contributed by atoms with E-state index >= 15 is 0 Å². The first kappa shape index (κ1) is 11.4. The average molecular weight is 284 g/mol. The van der Waals surface area contributed by atoms with Crippen LogP contribution in [0.5, 0.6) is 0 Å². The first-order chi connectivity index (χ1) is 7.74. The van der Waals surface area contributed by atoms with Crippen LogP contribution in [0.25, 0.3) is 0 Å². The second-order valence-corrected chi connectivity index (χ2v) is 4.65. The quantitative estimate of drug-likeness (QED) is 0.896. The molecule has 1 aromatic heterocycles. The third-order valence-corrected chi connectivity index (χ3v) is 3.47. The lowest BCUT2D eigenvalue weighted by Gasteiger charge is -2.26. The average Bonchev–Trinajstić information content (AvgIpc) is 2.77. The van der Waals surface area contributed by atoms with Gasteiger partial charge in [0.2, 0.25) is 5.91 Å². The molecule has 0 bridgehead atoms. The van der Waals surface area contributed by atoms with Crippen LogP contribution in [0.4, 0.5) is 5.69 Å². The number of carbonyl (C=O) groups excluding carboxylic acids is 1. The van der Waals surface area contributed by atoms with Crippen LogP contribution < -0.4 is 10.2 Å². The third kappa shape index (κ3) is 2.04. The molecule has 1 atom stereocenters. The summed E-state index contributed by atoms with van der Waals surface area (Å²) in [5.74, 6) is 0.0845. The van der Waals surface area contributed by atoms with E-state index in [1.807, 2.05) is 6.07 Å². The van der Waals surface area contributed by atoms with Gasteiger partial charge in [0.1, 0.15) is 6.04 Å². The Kier molecular flexibility index (Phi) is 3.43. The number of rotatable bonds is 2. The Labute approximate surface area is 103 Å². The molecule has 0 aromatic carbocycles. The fourth-order valence-electron chi connectivity index (χ4n) is 2.10. The smallest absolute Gasteiger partial charge is 0.242 e. The van der Waals surface area contributed by atoms with Crippen molar-refractivity contribution < 1.29 is 4.79 Å². The fourth-order valence-corrected chi connectivity index (χ4v) is 2.57. The summed E-state index contributed by atoms with van der Waals surface area (Å²) in [5, 5.41) is 2.71. The van der Waals surface area contributed by atoms with Crippen LogP contribution in [-0.4, -0.2) is 30.5 Å². The van der Waals surface area contributed by atoms with Crippen LogP contribution in [0.2, 0.25) is 0 Å². The van der Waals surface area contributed by atoms with Crippen molar-refractivity contribution in [3.63, 3.8) is 0 Å². The van der Waals surface area contributed by atoms with Crippen LogP contribution in [0, 0.1) is 0 Å². The molecule has 2 heterocycles. The summed E-state index contributed by atoms with van der Waals surface area (Å²) in [4.78, 5) is 17.9. The van der Waals surface area contributed by atoms with Gasteiger partial charge in [-0.05, 0) is 34.8 Å². The van der Waals surface area contributed by atoms with E-state index < -0.39 is 0 Å². The van der Waals surface area contributed by atoms with Crippen molar-refractivity contribution in [3.8, 4) is 0 Å². The Balaban J connectivity index is 2.27. The zero-order chi connectivity index (χ0) is 11.5. The molecule has 0 aliphatic carbocycles. The largest absolute Gasteiger partial charge is 0.359 e. The first-order valence-corrected chi connectivity index (χ1v) is 6.11. The van der Waals surface area contributed by atoms with Crippen LogP contribution in [-0.2, 0) is 4.79 Å². The molecule has 1 fully saturated rings. The number of nitrogens with one attached hydrogen (secondary N) is 1. The molecule has 86 valence electrons. The predicted octanol–water partition coefficient (Wildman–Crippen LogP) is 1.56. The highest BCUT2D eigenvalue weighted by Crippen LogP contribution is 2.31. The van der Waals surface area contributed by atoms with Gasteiger partial charge in [0.05, 0.1) is 10.2 Å². The molecule has 1 aliphatic heterocycles. The lowest BCUT2D eigenvalue weighted by Crippen LogP contribution is -2.42. The summed E-state index contributed by atoms with van der Waals surface area (Å²) in [5.41, 5.74) is 1.04. The van der Waals surface area contributed by atoms with Gasteiger partial charge in [-0.3, -0.25) is 9.78 Å². The standard InChI is InChI=1S/C11H14BrN3O/c1-13-11(16)10-3-2-6-15(10)9-4-5-14-7-8(9)12/h4-5,7,10H,2-3,6H2,1H3,(H,13,16). The molecule has 1 aromatic rings. The van der Waals surface area contributed by atoms with Crippen molar-refractivity contribution in [2.24, 2.45) is 0 Å². The summed E-state index contributed by atoms with van der Waals surface area (Å²) in [7, 11) is 1.68. The summed E-state index contributed by atoms with van der Waals surface area (Å²) in [6.45, 7) is 0.917. The third-order valence-electron chi connectivity index (χ3n) is 2.86. The van der Waals surface area contributed by atoms with E-state index in [1.165, 1.54) is 0 Å². The molecular formula is C11H14BrN3O. The Hall–Kier alpha value is -1.10. The molecule has 0 radical (unpaired) electrons. The van der Waals surface area contributed by atoms with Gasteiger partial charge >= 0.3 is 0 Å². The van der Waals surface area contributed by atoms with Crippen molar-refractivity contribution in [2.45, 2.75) is 18.9 Å². The minimum Gasteiger partial charge on any atom is -0.359 e. The molecular weight excluding hydrogens is 270 g/mol. The van der Waals surface area contributed by atoms with Gasteiger partial charge < -0.3 is 10.2 Å². The second-order valence-electron chi connectivity index (χ2n) is 3.79. The SMILES string of the molecule is CNC(=O)C1CCCN1c1ccncc1Br. The number of pyridine rings is 1. The van der Waals surface area contributed by atoms with E-state index in [9.17, 15) is 4.79 Å². The van der Waals surface area contributed by atoms with Gasteiger partial charge in [-0.2, -0.15) is 0 Å². The molecule has 2 rings (SSSR count). The Morgan fingerprint density at radius 3 is 3.19 bits per heavy atom. The number of carbonyl (C=O) groups is 1. The zero-order valence-electron chi connectivity index (χ0n) is 9.11. The molecule has 5 heteroatoms. The van der Waals surface area contributed by atoms with Crippen LogP contribution >= 0.6 is 15.9 Å². The van der Waals surface area contributed by atoms with Gasteiger partial charge in [0, 0.05) is 26.0 Å². The fraction of sp³-hybridized carbons (Fsp3) is 0.455. The Bertz CT molecular complexity index is 397. The topological polar surface area (TPSA) is 45.2 Å². The summed E-state index contributed by atoms with van der Waals surface area (Å²) >= 11 is 3.47. The molecule has 1 saturated heterocycles. The van der Waals surface area contributed by atoms with Crippen molar-refractivity contribution >= 4 is 27.5 Å².